The maximum atomic E-state index is 14.3. The molecule has 2 saturated heterocycles. The molecule has 240 valence electrons. The third-order valence-corrected chi connectivity index (χ3v) is 10.4. The molecule has 2 aromatic rings. The number of carboxylic acid groups (broad SMARTS) is 1. The number of aromatic hydroxyl groups is 1. The Morgan fingerprint density at radius 1 is 1.00 bits per heavy atom. The average molecular weight is 627 g/mol. The Bertz CT molecular complexity index is 1650. The molecule has 6 atom stereocenters. The minimum absolute atomic E-state index is 0.00337. The summed E-state index contributed by atoms with van der Waals surface area (Å²) in [4.78, 5) is 69.4. The van der Waals surface area contributed by atoms with Crippen molar-refractivity contribution in [2.24, 2.45) is 35.0 Å². The molecule has 2 aliphatic heterocycles. The highest BCUT2D eigenvalue weighted by molar-refractivity contribution is 6.24. The average Bonchev–Trinajstić information content (AvgIpc) is 3.40. The van der Waals surface area contributed by atoms with Crippen LogP contribution >= 0.6 is 0 Å². The van der Waals surface area contributed by atoms with Gasteiger partial charge in [-0.1, -0.05) is 54.5 Å². The van der Waals surface area contributed by atoms with E-state index in [4.69, 9.17) is 9.84 Å². The first-order valence-corrected chi connectivity index (χ1v) is 15.8. The number of unbranched alkanes of at least 4 members (excludes halogenated alkanes) is 2. The smallest absolute Gasteiger partial charge is 0.303 e. The number of allylic oxidation sites excluding steroid dienone is 3. The molecule has 2 aliphatic carbocycles. The predicted octanol–water partition coefficient (Wildman–Crippen LogP) is 4.82. The SMILES string of the molecule is COc1cc(C=C[C@H]2C3=CC[C@@H]4C(=O)N(CCCCCC(=O)O)C(=O)[C@@H]4[C@@H]3C[C@H]3C(=O)N(c4ccccc4)C(=O)[C@@]23C)ccc1O. The number of methoxy groups -OCH3 is 1. The van der Waals surface area contributed by atoms with Gasteiger partial charge in [0.25, 0.3) is 0 Å². The summed E-state index contributed by atoms with van der Waals surface area (Å²) in [6.07, 6.45) is 8.03. The number of likely N-dealkylation sites (tertiary alicyclic amines) is 1. The molecule has 0 spiro atoms. The lowest BCUT2D eigenvalue weighted by Gasteiger charge is -2.47. The van der Waals surface area contributed by atoms with Gasteiger partial charge in [0.05, 0.1) is 36.0 Å². The molecule has 0 bridgehead atoms. The van der Waals surface area contributed by atoms with E-state index in [0.29, 0.717) is 37.1 Å². The molecule has 10 nitrogen and oxygen atoms in total. The number of phenols is 1. The van der Waals surface area contributed by atoms with Crippen molar-refractivity contribution in [2.45, 2.75) is 45.4 Å². The van der Waals surface area contributed by atoms with E-state index in [1.165, 1.54) is 23.0 Å². The monoisotopic (exact) mass is 626 g/mol. The van der Waals surface area contributed by atoms with Crippen molar-refractivity contribution in [2.75, 3.05) is 18.6 Å². The lowest BCUT2D eigenvalue weighted by molar-refractivity contribution is -0.141. The Balaban J connectivity index is 1.36. The van der Waals surface area contributed by atoms with Gasteiger partial charge in [-0.25, -0.2) is 4.90 Å². The zero-order valence-corrected chi connectivity index (χ0v) is 25.9. The van der Waals surface area contributed by atoms with E-state index in [-0.39, 0.29) is 48.8 Å². The number of ether oxygens (including phenoxy) is 1. The van der Waals surface area contributed by atoms with E-state index in [9.17, 15) is 29.1 Å². The number of amides is 4. The molecular weight excluding hydrogens is 588 g/mol. The lowest BCUT2D eigenvalue weighted by Crippen LogP contribution is -2.49. The van der Waals surface area contributed by atoms with Crippen LogP contribution in [0.25, 0.3) is 6.08 Å². The van der Waals surface area contributed by atoms with E-state index in [1.54, 1.807) is 36.4 Å². The quantitative estimate of drug-likeness (QED) is 0.217. The number of carbonyl (C=O) groups excluding carboxylic acids is 4. The van der Waals surface area contributed by atoms with Crippen LogP contribution in [0.4, 0.5) is 5.69 Å². The lowest BCUT2D eigenvalue weighted by atomic mass is 9.52. The van der Waals surface area contributed by atoms with E-state index in [1.807, 2.05) is 31.2 Å². The van der Waals surface area contributed by atoms with Crippen LogP contribution in [0.1, 0.15) is 51.0 Å². The normalized spacial score (nSPS) is 28.7. The molecule has 4 aliphatic rings. The summed E-state index contributed by atoms with van der Waals surface area (Å²) in [5.41, 5.74) is 0.983. The summed E-state index contributed by atoms with van der Waals surface area (Å²) < 4.78 is 5.28. The first-order chi connectivity index (χ1) is 22.1. The van der Waals surface area contributed by atoms with Crippen molar-refractivity contribution in [3.8, 4) is 11.5 Å². The van der Waals surface area contributed by atoms with E-state index < -0.39 is 41.0 Å². The van der Waals surface area contributed by atoms with Crippen LogP contribution in [-0.2, 0) is 24.0 Å². The minimum Gasteiger partial charge on any atom is -0.504 e. The molecule has 0 radical (unpaired) electrons. The molecule has 2 aromatic carbocycles. The second kappa shape index (κ2) is 12.2. The van der Waals surface area contributed by atoms with Gasteiger partial charge >= 0.3 is 5.97 Å². The van der Waals surface area contributed by atoms with E-state index in [2.05, 4.69) is 0 Å². The zero-order chi connectivity index (χ0) is 32.7. The van der Waals surface area contributed by atoms with Gasteiger partial charge in [0.2, 0.25) is 23.6 Å². The van der Waals surface area contributed by atoms with Gasteiger partial charge < -0.3 is 14.9 Å². The topological polar surface area (TPSA) is 142 Å². The number of para-hydroxylation sites is 1. The third-order valence-electron chi connectivity index (χ3n) is 10.4. The molecule has 2 N–H and O–H groups in total. The number of nitrogens with zero attached hydrogens (tertiary/aromatic N) is 2. The Labute approximate surface area is 267 Å². The number of imide groups is 2. The number of fused-ring (bicyclic) bond motifs is 4. The standard InChI is InChI=1S/C36H38N2O8/c1-36-26(16-12-21-13-17-28(39)29(19-21)46-2)23-14-15-24-31(34(44)37(32(24)42)18-8-4-7-11-30(40)41)25(23)20-27(36)33(43)38(35(36)45)22-9-5-3-6-10-22/h3,5-6,9-10,12-14,16-17,19,24-27,31,39H,4,7-8,11,15,18,20H2,1-2H3,(H,40,41)/t24-,25+,26-,27-,31-,36-/m0/s1. The van der Waals surface area contributed by atoms with Crippen molar-refractivity contribution in [1.82, 2.24) is 4.90 Å². The molecule has 0 aromatic heterocycles. The number of hydrogen-bond donors (Lipinski definition) is 2. The molecular formula is C36H38N2O8. The Morgan fingerprint density at radius 3 is 2.48 bits per heavy atom. The molecule has 3 fully saturated rings. The molecule has 6 rings (SSSR count). The molecule has 1 saturated carbocycles. The summed E-state index contributed by atoms with van der Waals surface area (Å²) in [7, 11) is 1.46. The van der Waals surface area contributed by atoms with Crippen molar-refractivity contribution in [1.29, 1.82) is 0 Å². The summed E-state index contributed by atoms with van der Waals surface area (Å²) in [6, 6.07) is 13.8. The Morgan fingerprint density at radius 2 is 1.76 bits per heavy atom. The van der Waals surface area contributed by atoms with Crippen LogP contribution in [0.5, 0.6) is 11.5 Å². The van der Waals surface area contributed by atoms with Crippen molar-refractivity contribution < 1.29 is 38.9 Å². The first kappa shape index (κ1) is 31.3. The van der Waals surface area contributed by atoms with Gasteiger partial charge in [-0.2, -0.15) is 0 Å². The van der Waals surface area contributed by atoms with Crippen LogP contribution in [0.15, 0.2) is 66.3 Å². The van der Waals surface area contributed by atoms with Crippen LogP contribution < -0.4 is 9.64 Å². The van der Waals surface area contributed by atoms with Crippen LogP contribution in [0.2, 0.25) is 0 Å². The summed E-state index contributed by atoms with van der Waals surface area (Å²) >= 11 is 0. The van der Waals surface area contributed by atoms with Gasteiger partial charge in [-0.05, 0) is 68.4 Å². The van der Waals surface area contributed by atoms with Gasteiger partial charge in [0.1, 0.15) is 0 Å². The van der Waals surface area contributed by atoms with Gasteiger partial charge in [0, 0.05) is 18.9 Å². The Hall–Kier alpha value is -4.73. The molecule has 10 heteroatoms. The van der Waals surface area contributed by atoms with Gasteiger partial charge in [-0.3, -0.25) is 28.9 Å². The number of hydrogen-bond acceptors (Lipinski definition) is 7. The number of phenolic OH excluding ortho intramolecular Hbond substituents is 1. The largest absolute Gasteiger partial charge is 0.504 e. The Kier molecular flexibility index (Phi) is 8.31. The van der Waals surface area contributed by atoms with Gasteiger partial charge in [0.15, 0.2) is 11.5 Å². The second-order valence-corrected chi connectivity index (χ2v) is 12.9. The van der Waals surface area contributed by atoms with E-state index >= 15 is 0 Å². The molecule has 2 heterocycles. The van der Waals surface area contributed by atoms with Crippen LogP contribution in [0.3, 0.4) is 0 Å². The summed E-state index contributed by atoms with van der Waals surface area (Å²) in [5, 5.41) is 19.0. The van der Waals surface area contributed by atoms with E-state index in [0.717, 1.165) is 11.1 Å². The van der Waals surface area contributed by atoms with Crippen LogP contribution in [0, 0.1) is 35.0 Å². The van der Waals surface area contributed by atoms with Crippen molar-refractivity contribution in [3.05, 3.63) is 71.8 Å². The fourth-order valence-corrected chi connectivity index (χ4v) is 8.06. The zero-order valence-electron chi connectivity index (χ0n) is 25.9. The molecule has 46 heavy (non-hydrogen) atoms. The highest BCUT2D eigenvalue weighted by Crippen LogP contribution is 2.61. The molecule has 0 unspecified atom stereocenters. The van der Waals surface area contributed by atoms with Crippen molar-refractivity contribution in [3.63, 3.8) is 0 Å². The fraction of sp³-hybridized carbons (Fsp3) is 0.417. The summed E-state index contributed by atoms with van der Waals surface area (Å²) in [5.74, 6) is -4.47. The highest BCUT2D eigenvalue weighted by Gasteiger charge is 2.66. The number of carboxylic acids is 1. The van der Waals surface area contributed by atoms with Crippen LogP contribution in [-0.4, -0.2) is 58.4 Å². The number of anilines is 1. The minimum atomic E-state index is -1.13. The number of benzene rings is 2. The number of carbonyl (C=O) groups is 5. The number of rotatable bonds is 10. The maximum Gasteiger partial charge on any atom is 0.303 e. The van der Waals surface area contributed by atoms with Crippen molar-refractivity contribution >= 4 is 41.4 Å². The first-order valence-electron chi connectivity index (χ1n) is 15.8. The number of aliphatic carboxylic acids is 1. The predicted molar refractivity (Wildman–Crippen MR) is 168 cm³/mol. The highest BCUT2D eigenvalue weighted by atomic mass is 16.5. The summed E-state index contributed by atoms with van der Waals surface area (Å²) in [6.45, 7) is 2.07. The fourth-order valence-electron chi connectivity index (χ4n) is 8.06. The second-order valence-electron chi connectivity index (χ2n) is 12.9. The third kappa shape index (κ3) is 5.09. The maximum absolute atomic E-state index is 14.3. The molecule has 4 amide bonds. The van der Waals surface area contributed by atoms with Gasteiger partial charge in [-0.15, -0.1) is 0 Å².